The minimum atomic E-state index is -2.60. The summed E-state index contributed by atoms with van der Waals surface area (Å²) in [6.07, 6.45) is 1.10. The number of benzene rings is 2. The van der Waals surface area contributed by atoms with Crippen LogP contribution in [0.3, 0.4) is 0 Å². The van der Waals surface area contributed by atoms with Gasteiger partial charge in [0.2, 0.25) is 0 Å². The Balaban J connectivity index is 1.86. The van der Waals surface area contributed by atoms with Gasteiger partial charge >= 0.3 is 0 Å². The lowest BCUT2D eigenvalue weighted by atomic mass is 10.1. The van der Waals surface area contributed by atoms with Gasteiger partial charge in [0.1, 0.15) is 0 Å². The van der Waals surface area contributed by atoms with Crippen LogP contribution in [0.1, 0.15) is 19.4 Å². The van der Waals surface area contributed by atoms with Crippen molar-refractivity contribution in [3.8, 4) is 34.3 Å². The van der Waals surface area contributed by atoms with Crippen molar-refractivity contribution >= 4 is 0 Å². The number of aryl methyl sites for hydroxylation is 2. The lowest BCUT2D eigenvalue weighted by molar-refractivity contribution is 0.360. The summed E-state index contributed by atoms with van der Waals surface area (Å²) in [6.45, 7) is -5.18. The smallest absolute Gasteiger partial charge is 0.179 e. The van der Waals surface area contributed by atoms with Crippen LogP contribution in [-0.4, -0.2) is 4.98 Å². The summed E-state index contributed by atoms with van der Waals surface area (Å²) in [5, 5.41) is 0. The van der Waals surface area contributed by atoms with Crippen molar-refractivity contribution in [1.82, 2.24) is 4.98 Å². The number of ether oxygens (including phenoxy) is 2. The van der Waals surface area contributed by atoms with Crippen LogP contribution in [0.15, 0.2) is 54.7 Å². The molecule has 1 aliphatic heterocycles. The zero-order valence-electron chi connectivity index (χ0n) is 17.5. The maximum atomic E-state index is 7.74. The third-order valence-electron chi connectivity index (χ3n) is 3.44. The van der Waals surface area contributed by atoms with E-state index in [-0.39, 0.29) is 11.1 Å². The first-order valence-electron chi connectivity index (χ1n) is 9.74. The molecular weight excluding hydrogens is 274 g/mol. The quantitative estimate of drug-likeness (QED) is 0.480. The molecule has 1 aliphatic rings. The average molecular weight is 295 g/mol. The lowest BCUT2D eigenvalue weighted by Gasteiger charge is -2.22. The molecule has 3 nitrogen and oxygen atoms in total. The summed E-state index contributed by atoms with van der Waals surface area (Å²) in [5.41, 5.74) is 0.254. The minimum absolute atomic E-state index is 0.257. The molecule has 0 aliphatic carbocycles. The number of fused-ring (bicyclic) bond motifs is 2. The van der Waals surface area contributed by atoms with Crippen LogP contribution in [0.5, 0.6) is 23.0 Å². The van der Waals surface area contributed by atoms with Gasteiger partial charge in [0, 0.05) is 20.0 Å². The third kappa shape index (κ3) is 2.02. The van der Waals surface area contributed by atoms with Gasteiger partial charge in [0.25, 0.3) is 0 Å². The average Bonchev–Trinajstić information content (AvgIpc) is 2.64. The normalized spacial score (nSPS) is 17.1. The fraction of sp³-hybridized carbons (Fsp3) is 0.105. The van der Waals surface area contributed by atoms with E-state index in [0.717, 1.165) is 6.20 Å². The Morgan fingerprint density at radius 3 is 2.45 bits per heavy atom. The maximum Gasteiger partial charge on any atom is 0.179 e. The molecule has 2 aromatic carbocycles. The first-order chi connectivity index (χ1) is 13.1. The fourth-order valence-corrected chi connectivity index (χ4v) is 2.35. The van der Waals surface area contributed by atoms with Crippen LogP contribution in [0, 0.1) is 13.7 Å². The molecule has 1 aromatic heterocycles. The first kappa shape index (κ1) is 7.99. The standard InChI is InChI=1S/C19H15NO2/c1-12-10-15(20-11-13(12)2)14-6-5-9-18-19(14)22-17-8-4-3-7-16(17)21-18/h3-11H,1-2H3/i1D3,2D3. The van der Waals surface area contributed by atoms with Crippen molar-refractivity contribution in [3.05, 3.63) is 65.9 Å². The summed E-state index contributed by atoms with van der Waals surface area (Å²) < 4.78 is 57.8. The molecule has 4 rings (SSSR count). The van der Waals surface area contributed by atoms with E-state index in [4.69, 9.17) is 17.7 Å². The second-order valence-corrected chi connectivity index (χ2v) is 4.90. The molecule has 0 bridgehead atoms. The molecular formula is C19H15NO2. The highest BCUT2D eigenvalue weighted by molar-refractivity contribution is 5.74. The van der Waals surface area contributed by atoms with E-state index in [0.29, 0.717) is 34.3 Å². The van der Waals surface area contributed by atoms with E-state index in [9.17, 15) is 0 Å². The van der Waals surface area contributed by atoms with Crippen LogP contribution in [0.2, 0.25) is 0 Å². The van der Waals surface area contributed by atoms with Gasteiger partial charge in [0.05, 0.1) is 5.69 Å². The molecule has 0 N–H and O–H groups in total. The minimum Gasteiger partial charge on any atom is -0.449 e. The zero-order chi connectivity index (χ0) is 20.1. The van der Waals surface area contributed by atoms with E-state index in [2.05, 4.69) is 4.98 Å². The molecule has 0 unspecified atom stereocenters. The van der Waals surface area contributed by atoms with Crippen molar-refractivity contribution in [1.29, 1.82) is 0 Å². The molecule has 0 saturated heterocycles. The highest BCUT2D eigenvalue weighted by Crippen LogP contribution is 2.49. The van der Waals surface area contributed by atoms with Gasteiger partial charge in [-0.15, -0.1) is 0 Å². The second-order valence-electron chi connectivity index (χ2n) is 4.90. The van der Waals surface area contributed by atoms with Gasteiger partial charge in [0.15, 0.2) is 23.0 Å². The molecule has 0 amide bonds. The molecule has 0 spiro atoms. The number of pyridine rings is 1. The first-order valence-corrected chi connectivity index (χ1v) is 6.74. The van der Waals surface area contributed by atoms with Crippen LogP contribution in [0.25, 0.3) is 11.3 Å². The van der Waals surface area contributed by atoms with E-state index >= 15 is 0 Å². The third-order valence-corrected chi connectivity index (χ3v) is 3.44. The van der Waals surface area contributed by atoms with E-state index < -0.39 is 13.7 Å². The van der Waals surface area contributed by atoms with E-state index in [1.807, 2.05) is 12.1 Å². The topological polar surface area (TPSA) is 31.4 Å². The Bertz CT molecular complexity index is 1060. The molecule has 0 atom stereocenters. The van der Waals surface area contributed by atoms with Crippen molar-refractivity contribution in [2.75, 3.05) is 0 Å². The number of hydrogen-bond acceptors (Lipinski definition) is 3. The van der Waals surface area contributed by atoms with Gasteiger partial charge < -0.3 is 9.47 Å². The summed E-state index contributed by atoms with van der Waals surface area (Å²) in [7, 11) is 0. The summed E-state index contributed by atoms with van der Waals surface area (Å²) in [4.78, 5) is 4.21. The van der Waals surface area contributed by atoms with Crippen molar-refractivity contribution < 1.29 is 17.7 Å². The number of rotatable bonds is 1. The molecule has 108 valence electrons. The number of hydrogen-bond donors (Lipinski definition) is 0. The largest absolute Gasteiger partial charge is 0.449 e. The summed E-state index contributed by atoms with van der Waals surface area (Å²) in [5.74, 6) is 1.96. The highest BCUT2D eigenvalue weighted by Gasteiger charge is 2.22. The fourth-order valence-electron chi connectivity index (χ4n) is 2.35. The number of nitrogens with zero attached hydrogens (tertiary/aromatic N) is 1. The Morgan fingerprint density at radius 2 is 1.64 bits per heavy atom. The van der Waals surface area contributed by atoms with Crippen LogP contribution in [0.4, 0.5) is 0 Å². The zero-order valence-corrected chi connectivity index (χ0v) is 11.5. The molecule has 2 heterocycles. The molecule has 22 heavy (non-hydrogen) atoms. The van der Waals surface area contributed by atoms with Gasteiger partial charge in [-0.2, -0.15) is 0 Å². The maximum absolute atomic E-state index is 7.74. The van der Waals surface area contributed by atoms with Crippen molar-refractivity contribution in [2.24, 2.45) is 0 Å². The number of aromatic nitrogens is 1. The molecule has 0 fully saturated rings. The lowest BCUT2D eigenvalue weighted by Crippen LogP contribution is -2.01. The molecule has 0 radical (unpaired) electrons. The second kappa shape index (κ2) is 4.88. The summed E-state index contributed by atoms with van der Waals surface area (Å²) in [6, 6.07) is 13.6. The number of para-hydroxylation sites is 3. The SMILES string of the molecule is [2H]C([2H])([2H])c1cnc(-c2cccc3c2Oc2ccccc2O3)cc1C([2H])([2H])[2H]. The monoisotopic (exact) mass is 295 g/mol. The molecule has 3 aromatic rings. The van der Waals surface area contributed by atoms with Gasteiger partial charge in [-0.05, 0) is 55.2 Å². The van der Waals surface area contributed by atoms with Gasteiger partial charge in [-0.1, -0.05) is 18.2 Å². The van der Waals surface area contributed by atoms with E-state index in [1.54, 1.807) is 30.3 Å². The van der Waals surface area contributed by atoms with Crippen LogP contribution < -0.4 is 9.47 Å². The molecule has 3 heteroatoms. The van der Waals surface area contributed by atoms with Crippen molar-refractivity contribution in [2.45, 2.75) is 13.7 Å². The van der Waals surface area contributed by atoms with Gasteiger partial charge in [-0.3, -0.25) is 4.98 Å². The summed E-state index contributed by atoms with van der Waals surface area (Å²) >= 11 is 0. The molecule has 0 saturated carbocycles. The predicted octanol–water partition coefficient (Wildman–Crippen LogP) is 5.26. The van der Waals surface area contributed by atoms with Gasteiger partial charge in [-0.25, -0.2) is 0 Å². The van der Waals surface area contributed by atoms with Crippen LogP contribution >= 0.6 is 0 Å². The highest BCUT2D eigenvalue weighted by atomic mass is 16.6. The predicted molar refractivity (Wildman–Crippen MR) is 85.7 cm³/mol. The van der Waals surface area contributed by atoms with Crippen LogP contribution in [-0.2, 0) is 0 Å². The Kier molecular flexibility index (Phi) is 1.77. The Hall–Kier alpha value is -2.81. The Labute approximate surface area is 137 Å². The van der Waals surface area contributed by atoms with Crippen molar-refractivity contribution in [3.63, 3.8) is 0 Å². The van der Waals surface area contributed by atoms with E-state index in [1.165, 1.54) is 6.07 Å². The Morgan fingerprint density at radius 1 is 0.864 bits per heavy atom.